The summed E-state index contributed by atoms with van der Waals surface area (Å²) in [6.07, 6.45) is 5.87. The molecule has 1 unspecified atom stereocenters. The first-order valence-corrected chi connectivity index (χ1v) is 7.11. The van der Waals surface area contributed by atoms with Crippen LogP contribution in [0.3, 0.4) is 0 Å². The summed E-state index contributed by atoms with van der Waals surface area (Å²) >= 11 is 0. The molecule has 0 radical (unpaired) electrons. The van der Waals surface area contributed by atoms with Crippen molar-refractivity contribution < 1.29 is 0 Å². The van der Waals surface area contributed by atoms with Crippen molar-refractivity contribution in [3.63, 3.8) is 0 Å². The van der Waals surface area contributed by atoms with Crippen LogP contribution in [-0.4, -0.2) is 24.6 Å². The fourth-order valence-corrected chi connectivity index (χ4v) is 2.30. The third kappa shape index (κ3) is 3.45. The molecule has 18 heavy (non-hydrogen) atoms. The van der Waals surface area contributed by atoms with Gasteiger partial charge >= 0.3 is 0 Å². The van der Waals surface area contributed by atoms with Gasteiger partial charge in [0.05, 0.1) is 5.69 Å². The fourth-order valence-electron chi connectivity index (χ4n) is 2.30. The van der Waals surface area contributed by atoms with E-state index in [0.717, 1.165) is 31.1 Å². The van der Waals surface area contributed by atoms with Crippen LogP contribution >= 0.6 is 0 Å². The van der Waals surface area contributed by atoms with Crippen molar-refractivity contribution in [2.75, 3.05) is 18.5 Å². The smallest absolute Gasteiger partial charge is 0.0562 e. The third-order valence-electron chi connectivity index (χ3n) is 3.86. The predicted molar refractivity (Wildman–Crippen MR) is 76.8 cm³/mol. The zero-order valence-electron chi connectivity index (χ0n) is 11.8. The Hall–Kier alpha value is -1.09. The van der Waals surface area contributed by atoms with Gasteiger partial charge in [0.25, 0.3) is 0 Å². The molecular weight excluding hydrogens is 222 g/mol. The Morgan fingerprint density at radius 3 is 2.94 bits per heavy atom. The highest BCUT2D eigenvalue weighted by Gasteiger charge is 2.30. The first-order valence-electron chi connectivity index (χ1n) is 7.11. The normalized spacial score (nSPS) is 16.6. The first kappa shape index (κ1) is 13.3. The number of nitrogens with zero attached hydrogens (tertiary/aromatic N) is 2. The van der Waals surface area contributed by atoms with Crippen LogP contribution in [0.25, 0.3) is 0 Å². The van der Waals surface area contributed by atoms with Gasteiger partial charge in [0.1, 0.15) is 0 Å². The summed E-state index contributed by atoms with van der Waals surface area (Å²) in [6.45, 7) is 6.43. The lowest BCUT2D eigenvalue weighted by Crippen LogP contribution is -2.30. The number of pyridine rings is 1. The molecule has 1 N–H and O–H groups in total. The molecule has 1 fully saturated rings. The second kappa shape index (κ2) is 6.19. The van der Waals surface area contributed by atoms with E-state index in [2.05, 4.69) is 48.2 Å². The fraction of sp³-hybridized carbons (Fsp3) is 0.667. The first-order chi connectivity index (χ1) is 8.72. The van der Waals surface area contributed by atoms with E-state index >= 15 is 0 Å². The second-order valence-corrected chi connectivity index (χ2v) is 5.37. The van der Waals surface area contributed by atoms with E-state index in [0.29, 0.717) is 6.04 Å². The van der Waals surface area contributed by atoms with E-state index < -0.39 is 0 Å². The summed E-state index contributed by atoms with van der Waals surface area (Å²) in [6, 6.07) is 4.97. The maximum absolute atomic E-state index is 4.42. The van der Waals surface area contributed by atoms with E-state index in [4.69, 9.17) is 0 Å². The maximum atomic E-state index is 4.42. The van der Waals surface area contributed by atoms with Crippen LogP contribution in [0.15, 0.2) is 18.3 Å². The molecule has 3 nitrogen and oxygen atoms in total. The highest BCUT2D eigenvalue weighted by molar-refractivity contribution is 5.47. The molecule has 100 valence electrons. The lowest BCUT2D eigenvalue weighted by atomic mass is 10.1. The summed E-state index contributed by atoms with van der Waals surface area (Å²) in [4.78, 5) is 6.82. The minimum Gasteiger partial charge on any atom is -0.372 e. The van der Waals surface area contributed by atoms with Gasteiger partial charge in [-0.1, -0.05) is 6.92 Å². The van der Waals surface area contributed by atoms with E-state index in [1.807, 2.05) is 6.20 Å². The molecule has 1 aliphatic rings. The number of hydrogen-bond donors (Lipinski definition) is 1. The molecule has 1 aromatic heterocycles. The topological polar surface area (TPSA) is 28.2 Å². The molecule has 0 amide bonds. The molecule has 0 bridgehead atoms. The summed E-state index contributed by atoms with van der Waals surface area (Å²) in [5, 5.41) is 3.40. The number of nitrogens with one attached hydrogen (secondary N) is 1. The van der Waals surface area contributed by atoms with Crippen molar-refractivity contribution in [3.8, 4) is 0 Å². The van der Waals surface area contributed by atoms with Crippen LogP contribution in [0, 0.1) is 5.92 Å². The van der Waals surface area contributed by atoms with Crippen LogP contribution in [0.4, 0.5) is 5.69 Å². The number of hydrogen-bond acceptors (Lipinski definition) is 3. The second-order valence-electron chi connectivity index (χ2n) is 5.37. The van der Waals surface area contributed by atoms with Gasteiger partial charge < -0.3 is 10.2 Å². The molecular formula is C15H25N3. The largest absolute Gasteiger partial charge is 0.372 e. The van der Waals surface area contributed by atoms with E-state index in [1.54, 1.807) is 0 Å². The molecule has 3 heteroatoms. The monoisotopic (exact) mass is 247 g/mol. The highest BCUT2D eigenvalue weighted by Crippen LogP contribution is 2.36. The maximum Gasteiger partial charge on any atom is 0.0562 e. The average molecular weight is 247 g/mol. The quantitative estimate of drug-likeness (QED) is 0.751. The molecule has 2 rings (SSSR count). The van der Waals surface area contributed by atoms with Crippen LogP contribution < -0.4 is 10.2 Å². The van der Waals surface area contributed by atoms with Gasteiger partial charge in [-0.25, -0.2) is 0 Å². The van der Waals surface area contributed by atoms with Crippen molar-refractivity contribution in [2.45, 2.75) is 45.7 Å². The number of aromatic nitrogens is 1. The molecule has 0 spiro atoms. The molecule has 0 aromatic carbocycles. The zero-order chi connectivity index (χ0) is 13.0. The molecule has 0 aliphatic heterocycles. The van der Waals surface area contributed by atoms with Gasteiger partial charge in [-0.3, -0.25) is 4.98 Å². The Labute approximate surface area is 111 Å². The zero-order valence-corrected chi connectivity index (χ0v) is 11.8. The van der Waals surface area contributed by atoms with Gasteiger partial charge in [-0.05, 0) is 50.8 Å². The van der Waals surface area contributed by atoms with Crippen LogP contribution in [0.2, 0.25) is 0 Å². The Bertz CT molecular complexity index is 374. The number of rotatable bonds is 7. The van der Waals surface area contributed by atoms with Gasteiger partial charge in [0.15, 0.2) is 0 Å². The summed E-state index contributed by atoms with van der Waals surface area (Å²) in [5.41, 5.74) is 2.42. The van der Waals surface area contributed by atoms with Gasteiger partial charge in [-0.2, -0.15) is 0 Å². The molecule has 1 aliphatic carbocycles. The minimum atomic E-state index is 0.642. The molecule has 1 atom stereocenters. The molecule has 1 heterocycles. The van der Waals surface area contributed by atoms with Crippen LogP contribution in [0.5, 0.6) is 0 Å². The minimum absolute atomic E-state index is 0.642. The Balaban J connectivity index is 1.96. The van der Waals surface area contributed by atoms with Crippen molar-refractivity contribution in [2.24, 2.45) is 5.92 Å². The lowest BCUT2D eigenvalue weighted by Gasteiger charge is -2.27. The summed E-state index contributed by atoms with van der Waals surface area (Å²) in [5.74, 6) is 0.893. The van der Waals surface area contributed by atoms with Gasteiger partial charge in [0.2, 0.25) is 0 Å². The van der Waals surface area contributed by atoms with Crippen LogP contribution in [-0.2, 0) is 6.54 Å². The molecule has 1 aromatic rings. The summed E-state index contributed by atoms with van der Waals surface area (Å²) in [7, 11) is 2.20. The third-order valence-corrected chi connectivity index (χ3v) is 3.86. The van der Waals surface area contributed by atoms with Crippen molar-refractivity contribution in [3.05, 3.63) is 24.0 Å². The van der Waals surface area contributed by atoms with Gasteiger partial charge in [0, 0.05) is 31.5 Å². The SMILES string of the molecule is CCCNCc1cc(N(C)C(C)C2CC2)ccn1. The van der Waals surface area contributed by atoms with Gasteiger partial charge in [-0.15, -0.1) is 0 Å². The summed E-state index contributed by atoms with van der Waals surface area (Å²) < 4.78 is 0. The Morgan fingerprint density at radius 1 is 1.50 bits per heavy atom. The van der Waals surface area contributed by atoms with Crippen molar-refractivity contribution >= 4 is 5.69 Å². The molecule has 1 saturated carbocycles. The predicted octanol–water partition coefficient (Wildman–Crippen LogP) is 2.82. The van der Waals surface area contributed by atoms with E-state index in [9.17, 15) is 0 Å². The average Bonchev–Trinajstić information content (AvgIpc) is 3.22. The van der Waals surface area contributed by atoms with E-state index in [-0.39, 0.29) is 0 Å². The standard InChI is InChI=1S/C15H25N3/c1-4-8-16-11-14-10-15(7-9-17-14)18(3)12(2)13-5-6-13/h7,9-10,12-13,16H,4-6,8,11H2,1-3H3. The number of anilines is 1. The molecule has 0 saturated heterocycles. The van der Waals surface area contributed by atoms with Crippen molar-refractivity contribution in [1.82, 2.24) is 10.3 Å². The Morgan fingerprint density at radius 2 is 2.28 bits per heavy atom. The lowest BCUT2D eigenvalue weighted by molar-refractivity contribution is 0.607. The van der Waals surface area contributed by atoms with E-state index in [1.165, 1.54) is 18.5 Å². The van der Waals surface area contributed by atoms with Crippen molar-refractivity contribution in [1.29, 1.82) is 0 Å². The Kier molecular flexibility index (Phi) is 4.59. The highest BCUT2D eigenvalue weighted by atomic mass is 15.1. The van der Waals surface area contributed by atoms with Crippen LogP contribution in [0.1, 0.15) is 38.8 Å².